The second-order valence-corrected chi connectivity index (χ2v) is 8.23. The van der Waals surface area contributed by atoms with Crippen molar-refractivity contribution in [1.29, 1.82) is 0 Å². The highest BCUT2D eigenvalue weighted by Crippen LogP contribution is 2.53. The summed E-state index contributed by atoms with van der Waals surface area (Å²) >= 11 is 0. The molecular formula is C24H22N2O3. The number of para-hydroxylation sites is 1. The topological polar surface area (TPSA) is 66.5 Å². The van der Waals surface area contributed by atoms with Gasteiger partial charge in [-0.15, -0.1) is 0 Å². The van der Waals surface area contributed by atoms with Gasteiger partial charge in [0.1, 0.15) is 0 Å². The van der Waals surface area contributed by atoms with Crippen molar-refractivity contribution in [1.82, 2.24) is 0 Å². The summed E-state index contributed by atoms with van der Waals surface area (Å²) in [6.07, 6.45) is 5.02. The molecule has 0 spiro atoms. The molecule has 29 heavy (non-hydrogen) atoms. The average molecular weight is 386 g/mol. The Morgan fingerprint density at radius 1 is 0.931 bits per heavy atom. The van der Waals surface area contributed by atoms with Crippen molar-refractivity contribution < 1.29 is 14.4 Å². The number of allylic oxidation sites excluding steroid dienone is 2. The third-order valence-electron chi connectivity index (χ3n) is 6.71. The predicted molar refractivity (Wildman–Crippen MR) is 111 cm³/mol. The van der Waals surface area contributed by atoms with Gasteiger partial charge in [0, 0.05) is 5.69 Å². The number of nitrogens with one attached hydrogen (secondary N) is 1. The third-order valence-corrected chi connectivity index (χ3v) is 6.71. The molecule has 2 bridgehead atoms. The van der Waals surface area contributed by atoms with Crippen molar-refractivity contribution in [3.05, 3.63) is 71.3 Å². The zero-order valence-corrected chi connectivity index (χ0v) is 16.4. The van der Waals surface area contributed by atoms with Crippen LogP contribution in [0.5, 0.6) is 0 Å². The Bertz CT molecular complexity index is 1060. The van der Waals surface area contributed by atoms with E-state index in [0.29, 0.717) is 11.3 Å². The fourth-order valence-electron chi connectivity index (χ4n) is 5.08. The first-order valence-electron chi connectivity index (χ1n) is 10.00. The largest absolute Gasteiger partial charge is 0.322 e. The number of anilines is 2. The van der Waals surface area contributed by atoms with Crippen molar-refractivity contribution in [3.8, 4) is 0 Å². The van der Waals surface area contributed by atoms with E-state index < -0.39 is 0 Å². The molecule has 146 valence electrons. The molecule has 0 unspecified atom stereocenters. The fourth-order valence-corrected chi connectivity index (χ4v) is 5.08. The maximum absolute atomic E-state index is 13.2. The lowest BCUT2D eigenvalue weighted by atomic mass is 9.85. The molecule has 0 aromatic heterocycles. The van der Waals surface area contributed by atoms with Crippen molar-refractivity contribution in [3.63, 3.8) is 0 Å². The molecule has 3 aliphatic rings. The quantitative estimate of drug-likeness (QED) is 0.643. The molecule has 1 saturated heterocycles. The molecule has 3 amide bonds. The van der Waals surface area contributed by atoms with E-state index in [1.54, 1.807) is 24.3 Å². The maximum Gasteiger partial charge on any atom is 0.257 e. The van der Waals surface area contributed by atoms with E-state index in [-0.39, 0.29) is 41.4 Å². The van der Waals surface area contributed by atoms with Gasteiger partial charge in [0.2, 0.25) is 11.8 Å². The maximum atomic E-state index is 13.2. The molecular weight excluding hydrogens is 364 g/mol. The van der Waals surface area contributed by atoms with Crippen molar-refractivity contribution >= 4 is 29.1 Å². The summed E-state index contributed by atoms with van der Waals surface area (Å²) < 4.78 is 0. The number of rotatable bonds is 3. The van der Waals surface area contributed by atoms with Crippen LogP contribution in [0.3, 0.4) is 0 Å². The first-order chi connectivity index (χ1) is 14.0. The van der Waals surface area contributed by atoms with Crippen LogP contribution in [0.2, 0.25) is 0 Å². The summed E-state index contributed by atoms with van der Waals surface area (Å²) in [7, 11) is 0. The van der Waals surface area contributed by atoms with Crippen LogP contribution >= 0.6 is 0 Å². The molecule has 5 heteroatoms. The molecule has 1 heterocycles. The lowest BCUT2D eigenvalue weighted by Crippen LogP contribution is -2.34. The molecule has 1 aliphatic heterocycles. The van der Waals surface area contributed by atoms with Gasteiger partial charge in [-0.05, 0) is 61.4 Å². The number of imide groups is 1. The second-order valence-electron chi connectivity index (χ2n) is 8.23. The van der Waals surface area contributed by atoms with Gasteiger partial charge in [0.15, 0.2) is 0 Å². The van der Waals surface area contributed by atoms with Crippen LogP contribution in [-0.4, -0.2) is 17.7 Å². The van der Waals surface area contributed by atoms with Gasteiger partial charge < -0.3 is 5.32 Å². The Hall–Kier alpha value is -3.21. The monoisotopic (exact) mass is 386 g/mol. The van der Waals surface area contributed by atoms with Crippen molar-refractivity contribution in [2.75, 3.05) is 10.2 Å². The van der Waals surface area contributed by atoms with Gasteiger partial charge in [-0.25, -0.2) is 4.90 Å². The summed E-state index contributed by atoms with van der Waals surface area (Å²) in [6, 6.07) is 12.6. The third kappa shape index (κ3) is 2.57. The zero-order valence-electron chi connectivity index (χ0n) is 16.4. The van der Waals surface area contributed by atoms with Crippen LogP contribution in [0.15, 0.2) is 54.6 Å². The van der Waals surface area contributed by atoms with Gasteiger partial charge in [-0.3, -0.25) is 14.4 Å². The van der Waals surface area contributed by atoms with Gasteiger partial charge in [-0.1, -0.05) is 36.4 Å². The van der Waals surface area contributed by atoms with E-state index in [2.05, 4.69) is 17.5 Å². The van der Waals surface area contributed by atoms with E-state index in [1.807, 2.05) is 32.0 Å². The molecule has 2 aromatic carbocycles. The predicted octanol–water partition coefficient (Wildman–Crippen LogP) is 3.87. The minimum Gasteiger partial charge on any atom is -0.322 e. The Kier molecular flexibility index (Phi) is 3.95. The van der Waals surface area contributed by atoms with Crippen LogP contribution in [0.4, 0.5) is 11.4 Å². The standard InChI is InChI=1S/C24H22N2O3/c1-13-6-5-8-18(14(13)2)25-22(27)17-7-3-4-9-19(17)26-23(28)20-15-10-11-16(12-15)21(20)24(26)29/h3-11,15-16,20-21H,12H2,1-2H3,(H,25,27)/t15-,16-,20-,21+/m0/s1. The van der Waals surface area contributed by atoms with E-state index >= 15 is 0 Å². The van der Waals surface area contributed by atoms with Crippen LogP contribution in [0, 0.1) is 37.5 Å². The van der Waals surface area contributed by atoms with Gasteiger partial charge in [0.05, 0.1) is 23.1 Å². The Morgan fingerprint density at radius 2 is 1.59 bits per heavy atom. The minimum absolute atomic E-state index is 0.141. The molecule has 1 N–H and O–H groups in total. The summed E-state index contributed by atoms with van der Waals surface area (Å²) in [5.41, 5.74) is 3.50. The molecule has 1 saturated carbocycles. The Morgan fingerprint density at radius 3 is 2.28 bits per heavy atom. The van der Waals surface area contributed by atoms with Crippen LogP contribution in [-0.2, 0) is 9.59 Å². The number of hydrogen-bond donors (Lipinski definition) is 1. The molecule has 5 nitrogen and oxygen atoms in total. The van der Waals surface area contributed by atoms with E-state index in [4.69, 9.17) is 0 Å². The number of fused-ring (bicyclic) bond motifs is 5. The number of carbonyl (C=O) groups excluding carboxylic acids is 3. The number of carbonyl (C=O) groups is 3. The SMILES string of the molecule is Cc1cccc(NC(=O)c2ccccc2N2C(=O)[C@@H]3[C@H](C2=O)[C@H]2C=C[C@H]3C2)c1C. The molecule has 4 atom stereocenters. The molecule has 0 radical (unpaired) electrons. The number of nitrogens with zero attached hydrogens (tertiary/aromatic N) is 1. The normalized spacial score (nSPS) is 26.9. The molecule has 5 rings (SSSR count). The average Bonchev–Trinajstić information content (AvgIpc) is 3.39. The van der Waals surface area contributed by atoms with E-state index in [0.717, 1.165) is 23.2 Å². The smallest absolute Gasteiger partial charge is 0.257 e. The van der Waals surface area contributed by atoms with Crippen molar-refractivity contribution in [2.24, 2.45) is 23.7 Å². The van der Waals surface area contributed by atoms with Gasteiger partial charge >= 0.3 is 0 Å². The fraction of sp³-hybridized carbons (Fsp3) is 0.292. The van der Waals surface area contributed by atoms with Gasteiger partial charge in [0.25, 0.3) is 5.91 Å². The number of amides is 3. The molecule has 2 aliphatic carbocycles. The highest BCUT2D eigenvalue weighted by molar-refractivity contribution is 6.25. The summed E-state index contributed by atoms with van der Waals surface area (Å²) in [4.78, 5) is 40.7. The van der Waals surface area contributed by atoms with Crippen molar-refractivity contribution in [2.45, 2.75) is 20.3 Å². The molecule has 2 fully saturated rings. The highest BCUT2D eigenvalue weighted by Gasteiger charge is 2.59. The first-order valence-corrected chi connectivity index (χ1v) is 10.00. The van der Waals surface area contributed by atoms with Crippen LogP contribution < -0.4 is 10.2 Å². The lowest BCUT2D eigenvalue weighted by molar-refractivity contribution is -0.123. The first kappa shape index (κ1) is 17.9. The summed E-state index contributed by atoms with van der Waals surface area (Å²) in [5, 5.41) is 2.94. The number of hydrogen-bond acceptors (Lipinski definition) is 3. The van der Waals surface area contributed by atoms with E-state index in [1.165, 1.54) is 4.90 Å². The minimum atomic E-state index is -0.326. The number of aryl methyl sites for hydroxylation is 1. The Labute approximate surface area is 169 Å². The van der Waals surface area contributed by atoms with Crippen LogP contribution in [0.25, 0.3) is 0 Å². The van der Waals surface area contributed by atoms with Crippen LogP contribution in [0.1, 0.15) is 27.9 Å². The lowest BCUT2D eigenvalue weighted by Gasteiger charge is -2.20. The molecule has 2 aromatic rings. The van der Waals surface area contributed by atoms with Gasteiger partial charge in [-0.2, -0.15) is 0 Å². The van der Waals surface area contributed by atoms with E-state index in [9.17, 15) is 14.4 Å². The number of benzene rings is 2. The summed E-state index contributed by atoms with van der Waals surface area (Å²) in [6.45, 7) is 3.94. The summed E-state index contributed by atoms with van der Waals surface area (Å²) in [5.74, 6) is -0.967. The Balaban J connectivity index is 1.49. The highest BCUT2D eigenvalue weighted by atomic mass is 16.2. The zero-order chi connectivity index (χ0) is 20.3. The second kappa shape index (κ2) is 6.41.